The molecule has 0 unspecified atom stereocenters. The fraction of sp³-hybridized carbons (Fsp3) is 0.207. The molecule has 0 saturated carbocycles. The lowest BCUT2D eigenvalue weighted by Crippen LogP contribution is -1.97. The highest BCUT2D eigenvalue weighted by Crippen LogP contribution is 2.44. The van der Waals surface area contributed by atoms with Gasteiger partial charge in [-0.25, -0.2) is 4.39 Å². The second-order valence-electron chi connectivity index (χ2n) is 8.65. The van der Waals surface area contributed by atoms with Gasteiger partial charge in [0.15, 0.2) is 0 Å². The first-order valence-corrected chi connectivity index (χ1v) is 11.2. The number of benzene rings is 3. The fourth-order valence-electron chi connectivity index (χ4n) is 4.22. The van der Waals surface area contributed by atoms with Gasteiger partial charge in [-0.15, -0.1) is 0 Å². The van der Waals surface area contributed by atoms with E-state index in [9.17, 15) is 14.3 Å². The molecule has 0 radical (unpaired) electrons. The molecule has 0 heterocycles. The molecule has 0 amide bonds. The summed E-state index contributed by atoms with van der Waals surface area (Å²) in [4.78, 5) is 11.4. The average Bonchev–Trinajstić information content (AvgIpc) is 3.05. The first kappa shape index (κ1) is 23.3. The lowest BCUT2D eigenvalue weighted by molar-refractivity contribution is -0.135. The molecule has 1 N–H and O–H groups in total. The van der Waals surface area contributed by atoms with E-state index < -0.39 is 11.8 Å². The van der Waals surface area contributed by atoms with Crippen molar-refractivity contribution in [2.45, 2.75) is 33.1 Å². The van der Waals surface area contributed by atoms with Crippen LogP contribution >= 0.6 is 0 Å². The Kier molecular flexibility index (Phi) is 6.55. The second kappa shape index (κ2) is 9.56. The fourth-order valence-corrected chi connectivity index (χ4v) is 4.22. The average molecular weight is 459 g/mol. The van der Waals surface area contributed by atoms with Gasteiger partial charge >= 0.3 is 5.97 Å². The number of carbonyl (C=O) groups is 1. The van der Waals surface area contributed by atoms with Crippen LogP contribution in [-0.4, -0.2) is 18.2 Å². The number of hydrogen-bond acceptors (Lipinski definition) is 3. The van der Waals surface area contributed by atoms with E-state index in [1.54, 1.807) is 13.2 Å². The Morgan fingerprint density at radius 3 is 2.35 bits per heavy atom. The molecule has 1 aliphatic rings. The normalized spacial score (nSPS) is 14.0. The molecule has 3 aromatic carbocycles. The zero-order valence-corrected chi connectivity index (χ0v) is 19.7. The quantitative estimate of drug-likeness (QED) is 0.397. The van der Waals surface area contributed by atoms with Crippen molar-refractivity contribution in [3.8, 4) is 17.2 Å². The molecular formula is C29H27FO4. The lowest BCUT2D eigenvalue weighted by atomic mass is 10.00. The van der Waals surface area contributed by atoms with Gasteiger partial charge in [0.25, 0.3) is 0 Å². The maximum Gasteiger partial charge on any atom is 0.307 e. The van der Waals surface area contributed by atoms with Crippen LogP contribution in [0.2, 0.25) is 0 Å². The Morgan fingerprint density at radius 2 is 1.71 bits per heavy atom. The van der Waals surface area contributed by atoms with E-state index in [-0.39, 0.29) is 6.42 Å². The molecule has 0 aromatic heterocycles. The van der Waals surface area contributed by atoms with Gasteiger partial charge in [0.1, 0.15) is 23.1 Å². The standard InChI is InChI=1S/C29H27FO4/c1-17(2)19-5-9-22(10-6-19)34-23-11-7-20(28(15-23)33-4)13-25-18(3)26(16-29(31)32)27-14-21(30)8-12-24(25)27/h5-15,17H,16H2,1-4H3,(H,31,32)/b25-13-. The molecule has 34 heavy (non-hydrogen) atoms. The lowest BCUT2D eigenvalue weighted by Gasteiger charge is -2.12. The molecule has 5 heteroatoms. The Labute approximate surface area is 199 Å². The summed E-state index contributed by atoms with van der Waals surface area (Å²) in [5.74, 6) is 1.10. The van der Waals surface area contributed by atoms with E-state index in [4.69, 9.17) is 9.47 Å². The molecule has 1 aliphatic carbocycles. The number of hydrogen-bond donors (Lipinski definition) is 1. The summed E-state index contributed by atoms with van der Waals surface area (Å²) in [5, 5.41) is 9.36. The molecule has 0 atom stereocenters. The van der Waals surface area contributed by atoms with Crippen molar-refractivity contribution in [1.29, 1.82) is 0 Å². The van der Waals surface area contributed by atoms with Crippen molar-refractivity contribution in [3.63, 3.8) is 0 Å². The van der Waals surface area contributed by atoms with Crippen molar-refractivity contribution in [2.24, 2.45) is 0 Å². The minimum atomic E-state index is -0.952. The van der Waals surface area contributed by atoms with Crippen molar-refractivity contribution in [2.75, 3.05) is 7.11 Å². The first-order valence-electron chi connectivity index (χ1n) is 11.2. The summed E-state index contributed by atoms with van der Waals surface area (Å²) >= 11 is 0. The molecule has 4 rings (SSSR count). The van der Waals surface area contributed by atoms with Gasteiger partial charge in [0, 0.05) is 11.6 Å². The number of carboxylic acid groups (broad SMARTS) is 1. The van der Waals surface area contributed by atoms with E-state index in [1.807, 2.05) is 43.3 Å². The van der Waals surface area contributed by atoms with E-state index >= 15 is 0 Å². The largest absolute Gasteiger partial charge is 0.496 e. The highest BCUT2D eigenvalue weighted by molar-refractivity contribution is 6.07. The number of ether oxygens (including phenoxy) is 2. The number of halogens is 1. The minimum absolute atomic E-state index is 0.168. The predicted octanol–water partition coefficient (Wildman–Crippen LogP) is 7.55. The van der Waals surface area contributed by atoms with Crippen LogP contribution in [0.3, 0.4) is 0 Å². The summed E-state index contributed by atoms with van der Waals surface area (Å²) < 4.78 is 25.6. The first-order chi connectivity index (χ1) is 16.3. The van der Waals surface area contributed by atoms with E-state index in [0.717, 1.165) is 28.0 Å². The van der Waals surface area contributed by atoms with Crippen LogP contribution in [0.15, 0.2) is 66.2 Å². The van der Waals surface area contributed by atoms with Crippen LogP contribution in [0.5, 0.6) is 17.2 Å². The third kappa shape index (κ3) is 4.74. The summed E-state index contributed by atoms with van der Waals surface area (Å²) in [6, 6.07) is 18.1. The Bertz CT molecular complexity index is 1300. The second-order valence-corrected chi connectivity index (χ2v) is 8.65. The molecule has 0 spiro atoms. The number of fused-ring (bicyclic) bond motifs is 1. The maximum atomic E-state index is 13.9. The van der Waals surface area contributed by atoms with Gasteiger partial charge in [-0.1, -0.05) is 32.0 Å². The minimum Gasteiger partial charge on any atom is -0.496 e. The molecule has 4 nitrogen and oxygen atoms in total. The Balaban J connectivity index is 1.69. The zero-order valence-electron chi connectivity index (χ0n) is 19.7. The van der Waals surface area contributed by atoms with Gasteiger partial charge in [-0.3, -0.25) is 4.79 Å². The number of methoxy groups -OCH3 is 1. The van der Waals surface area contributed by atoms with E-state index in [2.05, 4.69) is 26.0 Å². The maximum absolute atomic E-state index is 13.9. The highest BCUT2D eigenvalue weighted by atomic mass is 19.1. The molecule has 0 fully saturated rings. The van der Waals surface area contributed by atoms with Gasteiger partial charge in [0.05, 0.1) is 13.5 Å². The van der Waals surface area contributed by atoms with Crippen LogP contribution in [0.1, 0.15) is 55.4 Å². The summed E-state index contributed by atoms with van der Waals surface area (Å²) in [6.07, 6.45) is 1.78. The summed E-state index contributed by atoms with van der Waals surface area (Å²) in [6.45, 7) is 6.16. The number of aliphatic carboxylic acids is 1. The third-order valence-electron chi connectivity index (χ3n) is 6.07. The smallest absolute Gasteiger partial charge is 0.307 e. The van der Waals surface area contributed by atoms with Crippen LogP contribution in [0.25, 0.3) is 17.2 Å². The molecule has 174 valence electrons. The Hall–Kier alpha value is -3.86. The number of allylic oxidation sites excluding steroid dienone is 2. The van der Waals surface area contributed by atoms with Gasteiger partial charge < -0.3 is 14.6 Å². The predicted molar refractivity (Wildman–Crippen MR) is 133 cm³/mol. The third-order valence-corrected chi connectivity index (χ3v) is 6.07. The van der Waals surface area contributed by atoms with E-state index in [0.29, 0.717) is 28.6 Å². The monoisotopic (exact) mass is 458 g/mol. The highest BCUT2D eigenvalue weighted by Gasteiger charge is 2.26. The Morgan fingerprint density at radius 1 is 1.00 bits per heavy atom. The van der Waals surface area contributed by atoms with Crippen molar-refractivity contribution in [3.05, 3.63) is 94.3 Å². The van der Waals surface area contributed by atoms with Crippen molar-refractivity contribution < 1.29 is 23.8 Å². The molecule has 3 aromatic rings. The molecular weight excluding hydrogens is 431 g/mol. The van der Waals surface area contributed by atoms with Crippen LogP contribution in [0, 0.1) is 5.82 Å². The van der Waals surface area contributed by atoms with Crippen LogP contribution in [-0.2, 0) is 4.79 Å². The van der Waals surface area contributed by atoms with Gasteiger partial charge in [-0.05, 0) is 88.7 Å². The topological polar surface area (TPSA) is 55.8 Å². The van der Waals surface area contributed by atoms with Crippen molar-refractivity contribution >= 4 is 23.2 Å². The van der Waals surface area contributed by atoms with E-state index in [1.165, 1.54) is 17.7 Å². The summed E-state index contributed by atoms with van der Waals surface area (Å²) in [5.41, 5.74) is 5.77. The van der Waals surface area contributed by atoms with Crippen LogP contribution in [0.4, 0.5) is 4.39 Å². The summed E-state index contributed by atoms with van der Waals surface area (Å²) in [7, 11) is 1.59. The number of rotatable bonds is 7. The zero-order chi connectivity index (χ0) is 24.4. The SMILES string of the molecule is COc1cc(Oc2ccc(C(C)C)cc2)ccc1/C=C1/C(C)=C(CC(=O)O)c2cc(F)ccc21. The molecule has 0 bridgehead atoms. The van der Waals surface area contributed by atoms with Gasteiger partial charge in [-0.2, -0.15) is 0 Å². The van der Waals surface area contributed by atoms with Crippen LogP contribution < -0.4 is 9.47 Å². The number of carboxylic acids is 1. The molecule has 0 aliphatic heterocycles. The van der Waals surface area contributed by atoms with Crippen molar-refractivity contribution in [1.82, 2.24) is 0 Å². The van der Waals surface area contributed by atoms with Gasteiger partial charge in [0.2, 0.25) is 0 Å². The molecule has 0 saturated heterocycles.